The molecule has 3 aromatic rings. The lowest BCUT2D eigenvalue weighted by Gasteiger charge is -2.29. The van der Waals surface area contributed by atoms with Crippen LogP contribution in [0, 0.1) is 0 Å². The Labute approximate surface area is 194 Å². The van der Waals surface area contributed by atoms with Crippen LogP contribution in [-0.2, 0) is 29.1 Å². The van der Waals surface area contributed by atoms with E-state index in [0.717, 1.165) is 16.7 Å². The van der Waals surface area contributed by atoms with Gasteiger partial charge in [-0.15, -0.1) is 0 Å². The number of ether oxygens (including phenoxy) is 1. The summed E-state index contributed by atoms with van der Waals surface area (Å²) in [5.41, 5.74) is 2.68. The summed E-state index contributed by atoms with van der Waals surface area (Å²) >= 11 is 6.00. The van der Waals surface area contributed by atoms with Crippen molar-refractivity contribution in [2.45, 2.75) is 32.5 Å². The molecule has 0 aliphatic carbocycles. The number of hydrogen-bond donors (Lipinski definition) is 1. The average molecular weight is 451 g/mol. The zero-order valence-corrected chi connectivity index (χ0v) is 19.0. The SMILES string of the molecule is COc1ccccc1CNC(=O)[C@@H](C)N(Cc1ccc(Cl)cc1)C(=O)Cc1ccccc1. The minimum atomic E-state index is -0.656. The number of para-hydroxylation sites is 1. The summed E-state index contributed by atoms with van der Waals surface area (Å²) in [4.78, 5) is 27.8. The van der Waals surface area contributed by atoms with E-state index in [-0.39, 0.29) is 18.2 Å². The second kappa shape index (κ2) is 11.3. The van der Waals surface area contributed by atoms with Gasteiger partial charge in [0.2, 0.25) is 11.8 Å². The molecule has 0 spiro atoms. The van der Waals surface area contributed by atoms with Gasteiger partial charge in [0, 0.05) is 23.7 Å². The Hall–Kier alpha value is -3.31. The van der Waals surface area contributed by atoms with Gasteiger partial charge in [-0.2, -0.15) is 0 Å². The first-order chi connectivity index (χ1) is 15.5. The first kappa shape index (κ1) is 23.4. The molecule has 5 nitrogen and oxygen atoms in total. The molecular formula is C26H27ClN2O3. The molecule has 0 radical (unpaired) electrons. The van der Waals surface area contributed by atoms with E-state index in [1.807, 2.05) is 66.7 Å². The van der Waals surface area contributed by atoms with Crippen LogP contribution in [0.3, 0.4) is 0 Å². The molecule has 1 atom stereocenters. The van der Waals surface area contributed by atoms with Crippen LogP contribution in [0.2, 0.25) is 5.02 Å². The summed E-state index contributed by atoms with van der Waals surface area (Å²) in [5, 5.41) is 3.56. The monoisotopic (exact) mass is 450 g/mol. The maximum atomic E-state index is 13.2. The molecule has 166 valence electrons. The third-order valence-corrected chi connectivity index (χ3v) is 5.53. The summed E-state index contributed by atoms with van der Waals surface area (Å²) in [7, 11) is 1.60. The van der Waals surface area contributed by atoms with Crippen molar-refractivity contribution >= 4 is 23.4 Å². The second-order valence-corrected chi connectivity index (χ2v) is 7.95. The number of carbonyl (C=O) groups excluding carboxylic acids is 2. The Balaban J connectivity index is 1.74. The van der Waals surface area contributed by atoms with Crippen LogP contribution in [0.5, 0.6) is 5.75 Å². The number of benzene rings is 3. The summed E-state index contributed by atoms with van der Waals surface area (Å²) in [5.74, 6) is 0.357. The van der Waals surface area contributed by atoms with Crippen LogP contribution in [0.25, 0.3) is 0 Å². The fraction of sp³-hybridized carbons (Fsp3) is 0.231. The molecule has 0 unspecified atom stereocenters. The predicted octanol–water partition coefficient (Wildman–Crippen LogP) is 4.62. The summed E-state index contributed by atoms with van der Waals surface area (Å²) < 4.78 is 5.35. The Morgan fingerprint density at radius 3 is 2.28 bits per heavy atom. The molecule has 0 bridgehead atoms. The van der Waals surface area contributed by atoms with E-state index >= 15 is 0 Å². The minimum Gasteiger partial charge on any atom is -0.496 e. The highest BCUT2D eigenvalue weighted by atomic mass is 35.5. The molecule has 0 heterocycles. The number of hydrogen-bond acceptors (Lipinski definition) is 3. The van der Waals surface area contributed by atoms with E-state index in [0.29, 0.717) is 23.9 Å². The number of halogens is 1. The van der Waals surface area contributed by atoms with E-state index in [9.17, 15) is 9.59 Å². The van der Waals surface area contributed by atoms with Gasteiger partial charge in [-0.1, -0.05) is 72.3 Å². The molecule has 0 fully saturated rings. The predicted molar refractivity (Wildman–Crippen MR) is 126 cm³/mol. The van der Waals surface area contributed by atoms with Crippen LogP contribution in [0.1, 0.15) is 23.6 Å². The van der Waals surface area contributed by atoms with Crippen molar-refractivity contribution in [2.24, 2.45) is 0 Å². The van der Waals surface area contributed by atoms with Crippen LogP contribution in [-0.4, -0.2) is 29.9 Å². The maximum Gasteiger partial charge on any atom is 0.242 e. The second-order valence-electron chi connectivity index (χ2n) is 7.52. The molecule has 3 rings (SSSR count). The van der Waals surface area contributed by atoms with Gasteiger partial charge in [0.05, 0.1) is 13.5 Å². The lowest BCUT2D eigenvalue weighted by molar-refractivity contribution is -0.140. The highest BCUT2D eigenvalue weighted by molar-refractivity contribution is 6.30. The minimum absolute atomic E-state index is 0.119. The normalized spacial score (nSPS) is 11.5. The smallest absolute Gasteiger partial charge is 0.242 e. The lowest BCUT2D eigenvalue weighted by Crippen LogP contribution is -2.48. The standard InChI is InChI=1S/C26H27ClN2O3/c1-19(26(31)28-17-22-10-6-7-11-24(22)32-2)29(18-21-12-14-23(27)15-13-21)25(30)16-20-8-4-3-5-9-20/h3-15,19H,16-18H2,1-2H3,(H,28,31)/t19-/m1/s1. The van der Waals surface area contributed by atoms with Gasteiger partial charge < -0.3 is 15.0 Å². The highest BCUT2D eigenvalue weighted by Gasteiger charge is 2.26. The average Bonchev–Trinajstić information content (AvgIpc) is 2.82. The Morgan fingerprint density at radius 2 is 1.59 bits per heavy atom. The van der Waals surface area contributed by atoms with Gasteiger partial charge in [-0.25, -0.2) is 0 Å². The van der Waals surface area contributed by atoms with E-state index in [1.165, 1.54) is 0 Å². The number of amides is 2. The van der Waals surface area contributed by atoms with Crippen molar-refractivity contribution in [3.8, 4) is 5.75 Å². The lowest BCUT2D eigenvalue weighted by atomic mass is 10.1. The number of carbonyl (C=O) groups is 2. The topological polar surface area (TPSA) is 58.6 Å². The van der Waals surface area contributed by atoms with Gasteiger partial charge in [-0.05, 0) is 36.2 Å². The van der Waals surface area contributed by atoms with Crippen molar-refractivity contribution in [1.82, 2.24) is 10.2 Å². The van der Waals surface area contributed by atoms with E-state index < -0.39 is 6.04 Å². The van der Waals surface area contributed by atoms with Gasteiger partial charge in [0.15, 0.2) is 0 Å². The van der Waals surface area contributed by atoms with Crippen molar-refractivity contribution in [1.29, 1.82) is 0 Å². The molecular weight excluding hydrogens is 424 g/mol. The summed E-state index contributed by atoms with van der Waals surface area (Å²) in [6, 6.07) is 23.7. The molecule has 0 aliphatic rings. The molecule has 3 aromatic carbocycles. The first-order valence-electron chi connectivity index (χ1n) is 10.5. The summed E-state index contributed by atoms with van der Waals surface area (Å²) in [6.07, 6.45) is 0.221. The van der Waals surface area contributed by atoms with E-state index in [1.54, 1.807) is 31.1 Å². The van der Waals surface area contributed by atoms with Crippen LogP contribution in [0.15, 0.2) is 78.9 Å². The van der Waals surface area contributed by atoms with Gasteiger partial charge in [0.25, 0.3) is 0 Å². The molecule has 2 amide bonds. The molecule has 0 saturated carbocycles. The van der Waals surface area contributed by atoms with E-state index in [2.05, 4.69) is 5.32 Å². The van der Waals surface area contributed by atoms with Crippen molar-refractivity contribution in [3.63, 3.8) is 0 Å². The zero-order chi connectivity index (χ0) is 22.9. The molecule has 6 heteroatoms. The van der Waals surface area contributed by atoms with Gasteiger partial charge >= 0.3 is 0 Å². The van der Waals surface area contributed by atoms with Gasteiger partial charge in [-0.3, -0.25) is 9.59 Å². The van der Waals surface area contributed by atoms with Crippen molar-refractivity contribution in [2.75, 3.05) is 7.11 Å². The molecule has 0 aliphatic heterocycles. The Kier molecular flexibility index (Phi) is 8.28. The zero-order valence-electron chi connectivity index (χ0n) is 18.3. The third-order valence-electron chi connectivity index (χ3n) is 5.28. The van der Waals surface area contributed by atoms with Crippen molar-refractivity contribution < 1.29 is 14.3 Å². The van der Waals surface area contributed by atoms with Crippen LogP contribution in [0.4, 0.5) is 0 Å². The third kappa shape index (κ3) is 6.34. The number of nitrogens with zero attached hydrogens (tertiary/aromatic N) is 1. The number of rotatable bonds is 9. The first-order valence-corrected chi connectivity index (χ1v) is 10.8. The largest absolute Gasteiger partial charge is 0.496 e. The quantitative estimate of drug-likeness (QED) is 0.517. The van der Waals surface area contributed by atoms with Crippen LogP contribution < -0.4 is 10.1 Å². The Morgan fingerprint density at radius 1 is 0.938 bits per heavy atom. The number of nitrogens with one attached hydrogen (secondary N) is 1. The number of methoxy groups -OCH3 is 1. The molecule has 1 N–H and O–H groups in total. The summed E-state index contributed by atoms with van der Waals surface area (Å²) in [6.45, 7) is 2.37. The Bertz CT molecular complexity index is 1040. The highest BCUT2D eigenvalue weighted by Crippen LogP contribution is 2.18. The van der Waals surface area contributed by atoms with Crippen molar-refractivity contribution in [3.05, 3.63) is 101 Å². The fourth-order valence-corrected chi connectivity index (χ4v) is 3.55. The molecule has 0 aromatic heterocycles. The van der Waals surface area contributed by atoms with Gasteiger partial charge in [0.1, 0.15) is 11.8 Å². The molecule has 32 heavy (non-hydrogen) atoms. The van der Waals surface area contributed by atoms with Crippen LogP contribution >= 0.6 is 11.6 Å². The molecule has 0 saturated heterocycles. The van der Waals surface area contributed by atoms with E-state index in [4.69, 9.17) is 16.3 Å². The fourth-order valence-electron chi connectivity index (χ4n) is 3.42. The maximum absolute atomic E-state index is 13.2.